The predicted molar refractivity (Wildman–Crippen MR) is 94.5 cm³/mol. The van der Waals surface area contributed by atoms with Gasteiger partial charge in [-0.1, -0.05) is 46.6 Å². The van der Waals surface area contributed by atoms with Gasteiger partial charge in [0, 0.05) is 10.5 Å². The first kappa shape index (κ1) is 17.1. The number of rotatable bonds is 5. The van der Waals surface area contributed by atoms with Crippen LogP contribution >= 0.6 is 11.8 Å². The molecule has 2 aromatic carbocycles. The van der Waals surface area contributed by atoms with E-state index in [9.17, 15) is 4.79 Å². The van der Waals surface area contributed by atoms with Gasteiger partial charge in [0.25, 0.3) is 0 Å². The van der Waals surface area contributed by atoms with E-state index in [2.05, 4.69) is 5.16 Å². The molecule has 1 unspecified atom stereocenters. The smallest absolute Gasteiger partial charge is 0.348 e. The van der Waals surface area contributed by atoms with E-state index in [1.54, 1.807) is 6.92 Å². The molecule has 0 fully saturated rings. The van der Waals surface area contributed by atoms with Crippen LogP contribution in [0.1, 0.15) is 23.6 Å². The van der Waals surface area contributed by atoms with E-state index in [0.717, 1.165) is 16.0 Å². The van der Waals surface area contributed by atoms with E-state index in [-0.39, 0.29) is 11.1 Å². The molecule has 0 saturated heterocycles. The largest absolute Gasteiger partial charge is 0.380 e. The van der Waals surface area contributed by atoms with E-state index in [4.69, 9.17) is 10.6 Å². The highest BCUT2D eigenvalue weighted by Crippen LogP contribution is 2.24. The van der Waals surface area contributed by atoms with Crippen molar-refractivity contribution in [1.29, 1.82) is 0 Å². The second-order valence-electron chi connectivity index (χ2n) is 5.33. The summed E-state index contributed by atoms with van der Waals surface area (Å²) in [5.74, 6) is -0.235. The zero-order valence-corrected chi connectivity index (χ0v) is 14.3. The van der Waals surface area contributed by atoms with Crippen LogP contribution in [-0.4, -0.2) is 17.1 Å². The Morgan fingerprint density at radius 1 is 1.13 bits per heavy atom. The molecule has 0 spiro atoms. The van der Waals surface area contributed by atoms with Crippen LogP contribution in [0.25, 0.3) is 0 Å². The number of aryl methyl sites for hydroxylation is 2. The van der Waals surface area contributed by atoms with Crippen molar-refractivity contribution in [3.63, 3.8) is 0 Å². The molecule has 0 aliphatic carbocycles. The summed E-state index contributed by atoms with van der Waals surface area (Å²) in [6.45, 7) is 5.77. The molecule has 0 aromatic heterocycles. The van der Waals surface area contributed by atoms with Gasteiger partial charge in [0.05, 0.1) is 0 Å². The number of oxime groups is 1. The second-order valence-corrected chi connectivity index (χ2v) is 6.74. The molecule has 2 rings (SSSR count). The van der Waals surface area contributed by atoms with E-state index >= 15 is 0 Å². The Hall–Kier alpha value is -2.27. The molecule has 0 aliphatic heterocycles. The minimum Gasteiger partial charge on any atom is -0.380 e. The highest BCUT2D eigenvalue weighted by Gasteiger charge is 2.16. The standard InChI is InChI=1S/C18H20N2O2S/c1-12-7-9-16(10-8-12)23-14(3)18(21)22-20-17(19)15-6-4-5-13(2)11-15/h4-11,14H,1-3H3,(H2,19,20). The molecule has 2 N–H and O–H groups in total. The Bertz CT molecular complexity index is 711. The number of carbonyl (C=O) groups excluding carboxylic acids is 1. The summed E-state index contributed by atoms with van der Waals surface area (Å²) in [6.07, 6.45) is 0. The van der Waals surface area contributed by atoms with Gasteiger partial charge in [-0.25, -0.2) is 4.79 Å². The van der Waals surface area contributed by atoms with Gasteiger partial charge in [0.1, 0.15) is 5.25 Å². The second kappa shape index (κ2) is 7.83. The summed E-state index contributed by atoms with van der Waals surface area (Å²) >= 11 is 1.43. The Labute approximate surface area is 140 Å². The van der Waals surface area contributed by atoms with Gasteiger partial charge in [0.15, 0.2) is 5.84 Å². The first-order chi connectivity index (χ1) is 11.0. The van der Waals surface area contributed by atoms with Crippen molar-refractivity contribution in [2.75, 3.05) is 0 Å². The fourth-order valence-electron chi connectivity index (χ4n) is 1.89. The van der Waals surface area contributed by atoms with Crippen LogP contribution in [-0.2, 0) is 9.63 Å². The maximum Gasteiger partial charge on any atom is 0.348 e. The van der Waals surface area contributed by atoms with Gasteiger partial charge < -0.3 is 10.6 Å². The molecule has 120 valence electrons. The lowest BCUT2D eigenvalue weighted by Gasteiger charge is -2.08. The molecule has 4 nitrogen and oxygen atoms in total. The number of hydrogen-bond acceptors (Lipinski definition) is 4. The van der Waals surface area contributed by atoms with Crippen LogP contribution in [0.15, 0.2) is 58.6 Å². The molecule has 5 heteroatoms. The lowest BCUT2D eigenvalue weighted by Crippen LogP contribution is -2.19. The number of nitrogens with two attached hydrogens (primary N) is 1. The number of thioether (sulfide) groups is 1. The van der Waals surface area contributed by atoms with Gasteiger partial charge in [-0.15, -0.1) is 11.8 Å². The average Bonchev–Trinajstić information content (AvgIpc) is 2.54. The Morgan fingerprint density at radius 2 is 1.83 bits per heavy atom. The molecule has 23 heavy (non-hydrogen) atoms. The highest BCUT2D eigenvalue weighted by molar-refractivity contribution is 8.00. The van der Waals surface area contributed by atoms with Crippen molar-refractivity contribution < 1.29 is 9.63 Å². The monoisotopic (exact) mass is 328 g/mol. The molecule has 0 amide bonds. The lowest BCUT2D eigenvalue weighted by molar-refractivity contribution is -0.142. The Kier molecular flexibility index (Phi) is 5.82. The van der Waals surface area contributed by atoms with E-state index in [1.165, 1.54) is 17.3 Å². The maximum absolute atomic E-state index is 12.0. The summed E-state index contributed by atoms with van der Waals surface area (Å²) in [6, 6.07) is 15.5. The maximum atomic E-state index is 12.0. The summed E-state index contributed by atoms with van der Waals surface area (Å²) in [5.41, 5.74) is 8.83. The molecule has 0 heterocycles. The van der Waals surface area contributed by atoms with Crippen molar-refractivity contribution in [3.05, 3.63) is 65.2 Å². The number of carbonyl (C=O) groups is 1. The van der Waals surface area contributed by atoms with Crippen molar-refractivity contribution in [3.8, 4) is 0 Å². The summed E-state index contributed by atoms with van der Waals surface area (Å²) in [7, 11) is 0. The van der Waals surface area contributed by atoms with Crippen molar-refractivity contribution in [2.24, 2.45) is 10.9 Å². The first-order valence-electron chi connectivity index (χ1n) is 7.30. The number of amidine groups is 1. The van der Waals surface area contributed by atoms with Crippen LogP contribution in [0, 0.1) is 13.8 Å². The van der Waals surface area contributed by atoms with Gasteiger partial charge in [0.2, 0.25) is 0 Å². The molecule has 0 saturated carbocycles. The van der Waals surface area contributed by atoms with Crippen LogP contribution < -0.4 is 5.73 Å². The number of hydrogen-bond donors (Lipinski definition) is 1. The SMILES string of the molecule is Cc1ccc(SC(C)C(=O)ON=C(N)c2cccc(C)c2)cc1. The fraction of sp³-hybridized carbons (Fsp3) is 0.222. The number of nitrogens with zero attached hydrogens (tertiary/aromatic N) is 1. The predicted octanol–water partition coefficient (Wildman–Crippen LogP) is 3.65. The minimum atomic E-state index is -0.425. The Morgan fingerprint density at radius 3 is 2.48 bits per heavy atom. The third-order valence-corrected chi connectivity index (χ3v) is 4.30. The van der Waals surface area contributed by atoms with Crippen LogP contribution in [0.3, 0.4) is 0 Å². The zero-order valence-electron chi connectivity index (χ0n) is 13.4. The third-order valence-electron chi connectivity index (χ3n) is 3.21. The molecular weight excluding hydrogens is 308 g/mol. The summed E-state index contributed by atoms with van der Waals surface area (Å²) < 4.78 is 0. The molecule has 1 atom stereocenters. The summed E-state index contributed by atoms with van der Waals surface area (Å²) in [4.78, 5) is 18.0. The third kappa shape index (κ3) is 5.14. The fourth-order valence-corrected chi connectivity index (χ4v) is 2.74. The molecule has 2 aromatic rings. The quantitative estimate of drug-likeness (QED) is 0.299. The normalized spacial score (nSPS) is 12.7. The molecule has 0 radical (unpaired) electrons. The van der Waals surface area contributed by atoms with Crippen molar-refractivity contribution in [1.82, 2.24) is 0 Å². The first-order valence-corrected chi connectivity index (χ1v) is 8.18. The van der Waals surface area contributed by atoms with Gasteiger partial charge >= 0.3 is 5.97 Å². The highest BCUT2D eigenvalue weighted by atomic mass is 32.2. The number of benzene rings is 2. The Balaban J connectivity index is 1.95. The molecular formula is C18H20N2O2S. The van der Waals surface area contributed by atoms with Crippen LogP contribution in [0.5, 0.6) is 0 Å². The lowest BCUT2D eigenvalue weighted by atomic mass is 10.1. The van der Waals surface area contributed by atoms with Gasteiger partial charge in [-0.05, 0) is 39.0 Å². The van der Waals surface area contributed by atoms with Crippen molar-refractivity contribution in [2.45, 2.75) is 30.9 Å². The molecule has 0 bridgehead atoms. The van der Waals surface area contributed by atoms with Crippen LogP contribution in [0.2, 0.25) is 0 Å². The van der Waals surface area contributed by atoms with E-state index < -0.39 is 5.97 Å². The van der Waals surface area contributed by atoms with Gasteiger partial charge in [-0.3, -0.25) is 0 Å². The van der Waals surface area contributed by atoms with E-state index in [0.29, 0.717) is 0 Å². The average molecular weight is 328 g/mol. The zero-order chi connectivity index (χ0) is 16.8. The molecule has 0 aliphatic rings. The van der Waals surface area contributed by atoms with Crippen molar-refractivity contribution >= 4 is 23.6 Å². The topological polar surface area (TPSA) is 64.7 Å². The minimum absolute atomic E-state index is 0.189. The summed E-state index contributed by atoms with van der Waals surface area (Å²) in [5, 5.41) is 3.38. The van der Waals surface area contributed by atoms with Gasteiger partial charge in [-0.2, -0.15) is 0 Å². The van der Waals surface area contributed by atoms with Crippen LogP contribution in [0.4, 0.5) is 0 Å². The van der Waals surface area contributed by atoms with E-state index in [1.807, 2.05) is 62.4 Å².